The van der Waals surface area contributed by atoms with Gasteiger partial charge in [-0.2, -0.15) is 5.26 Å². The number of nitrogens with zero attached hydrogens (tertiary/aromatic N) is 2. The summed E-state index contributed by atoms with van der Waals surface area (Å²) in [6, 6.07) is 16.4. The molecular formula is C22H20N2O4. The van der Waals surface area contributed by atoms with Gasteiger partial charge in [-0.15, -0.1) is 0 Å². The number of carbonyl (C=O) groups excluding carboxylic acids is 2. The standard InChI is InChI=1S/C22H20N2O4/c1-15-11-17-5-3-4-6-20(17)24(15)21(25)14-28-22(26)18(13-23)12-16-7-9-19(27-2)10-8-16/h3-10,12,15H,11,14H2,1-2H3/b18-12+. The molecule has 0 aliphatic carbocycles. The van der Waals surface area contributed by atoms with Crippen molar-refractivity contribution in [2.24, 2.45) is 0 Å². The van der Waals surface area contributed by atoms with E-state index in [9.17, 15) is 14.9 Å². The zero-order valence-electron chi connectivity index (χ0n) is 15.7. The Bertz CT molecular complexity index is 957. The first-order chi connectivity index (χ1) is 13.5. The molecule has 6 nitrogen and oxygen atoms in total. The lowest BCUT2D eigenvalue weighted by molar-refractivity contribution is -0.143. The quantitative estimate of drug-likeness (QED) is 0.455. The van der Waals surface area contributed by atoms with Crippen LogP contribution in [0.5, 0.6) is 5.75 Å². The molecule has 0 aromatic heterocycles. The fourth-order valence-corrected chi connectivity index (χ4v) is 3.22. The number of nitriles is 1. The van der Waals surface area contributed by atoms with Crippen molar-refractivity contribution in [2.45, 2.75) is 19.4 Å². The molecule has 1 aliphatic rings. The maximum Gasteiger partial charge on any atom is 0.349 e. The lowest BCUT2D eigenvalue weighted by Gasteiger charge is -2.22. The summed E-state index contributed by atoms with van der Waals surface area (Å²) in [5.41, 5.74) is 2.41. The number of amides is 1. The van der Waals surface area contributed by atoms with Gasteiger partial charge in [-0.1, -0.05) is 30.3 Å². The number of rotatable bonds is 5. The van der Waals surface area contributed by atoms with Gasteiger partial charge in [-0.05, 0) is 48.7 Å². The Morgan fingerprint density at radius 3 is 2.61 bits per heavy atom. The number of esters is 1. The summed E-state index contributed by atoms with van der Waals surface area (Å²) in [5, 5.41) is 9.27. The molecule has 1 atom stereocenters. The maximum absolute atomic E-state index is 12.6. The number of anilines is 1. The molecule has 1 amide bonds. The van der Waals surface area contributed by atoms with Gasteiger partial charge in [0.25, 0.3) is 5.91 Å². The lowest BCUT2D eigenvalue weighted by Crippen LogP contribution is -2.38. The van der Waals surface area contributed by atoms with Crippen molar-refractivity contribution in [2.75, 3.05) is 18.6 Å². The number of ether oxygens (including phenoxy) is 2. The van der Waals surface area contributed by atoms with Crippen LogP contribution in [0.1, 0.15) is 18.1 Å². The minimum absolute atomic E-state index is 0.00567. The topological polar surface area (TPSA) is 79.6 Å². The van der Waals surface area contributed by atoms with Gasteiger partial charge in [-0.3, -0.25) is 4.79 Å². The molecule has 1 unspecified atom stereocenters. The van der Waals surface area contributed by atoms with Crippen LogP contribution in [0, 0.1) is 11.3 Å². The highest BCUT2D eigenvalue weighted by Gasteiger charge is 2.31. The van der Waals surface area contributed by atoms with Crippen LogP contribution in [-0.2, 0) is 20.7 Å². The Morgan fingerprint density at radius 1 is 1.21 bits per heavy atom. The highest BCUT2D eigenvalue weighted by atomic mass is 16.5. The number of hydrogen-bond donors (Lipinski definition) is 0. The first-order valence-corrected chi connectivity index (χ1v) is 8.86. The molecular weight excluding hydrogens is 356 g/mol. The highest BCUT2D eigenvalue weighted by molar-refractivity contribution is 6.01. The van der Waals surface area contributed by atoms with Crippen LogP contribution in [0.2, 0.25) is 0 Å². The summed E-state index contributed by atoms with van der Waals surface area (Å²) < 4.78 is 10.2. The second-order valence-electron chi connectivity index (χ2n) is 6.46. The minimum atomic E-state index is -0.827. The molecule has 1 heterocycles. The first kappa shape index (κ1) is 19.2. The number of benzene rings is 2. The van der Waals surface area contributed by atoms with Crippen LogP contribution in [0.3, 0.4) is 0 Å². The molecule has 28 heavy (non-hydrogen) atoms. The van der Waals surface area contributed by atoms with E-state index in [2.05, 4.69) is 0 Å². The summed E-state index contributed by atoms with van der Waals surface area (Å²) in [6.07, 6.45) is 2.18. The van der Waals surface area contributed by atoms with E-state index in [0.29, 0.717) is 11.3 Å². The van der Waals surface area contributed by atoms with E-state index in [4.69, 9.17) is 9.47 Å². The van der Waals surface area contributed by atoms with Gasteiger partial charge in [0, 0.05) is 11.7 Å². The van der Waals surface area contributed by atoms with E-state index < -0.39 is 12.6 Å². The molecule has 0 fully saturated rings. The Balaban J connectivity index is 1.66. The van der Waals surface area contributed by atoms with Crippen LogP contribution in [0.15, 0.2) is 54.1 Å². The van der Waals surface area contributed by atoms with Gasteiger partial charge in [0.05, 0.1) is 7.11 Å². The van der Waals surface area contributed by atoms with Crippen LogP contribution in [0.25, 0.3) is 6.08 Å². The predicted octanol–water partition coefficient (Wildman–Crippen LogP) is 3.12. The van der Waals surface area contributed by atoms with Crippen molar-refractivity contribution in [3.8, 4) is 11.8 Å². The Hall–Kier alpha value is -3.59. The molecule has 1 aliphatic heterocycles. The van der Waals surface area contributed by atoms with Gasteiger partial charge in [0.15, 0.2) is 6.61 Å². The average molecular weight is 376 g/mol. The molecule has 0 saturated heterocycles. The number of fused-ring (bicyclic) bond motifs is 1. The van der Waals surface area contributed by atoms with Gasteiger partial charge >= 0.3 is 5.97 Å². The fraction of sp³-hybridized carbons (Fsp3) is 0.227. The maximum atomic E-state index is 12.6. The summed E-state index contributed by atoms with van der Waals surface area (Å²) in [6.45, 7) is 1.53. The van der Waals surface area contributed by atoms with Gasteiger partial charge < -0.3 is 14.4 Å². The number of para-hydroxylation sites is 1. The van der Waals surface area contributed by atoms with Crippen LogP contribution < -0.4 is 9.64 Å². The summed E-state index contributed by atoms with van der Waals surface area (Å²) in [4.78, 5) is 26.5. The van der Waals surface area contributed by atoms with Gasteiger partial charge in [-0.25, -0.2) is 4.79 Å². The fourth-order valence-electron chi connectivity index (χ4n) is 3.22. The zero-order valence-corrected chi connectivity index (χ0v) is 15.7. The molecule has 2 aromatic rings. The number of methoxy groups -OCH3 is 1. The van der Waals surface area contributed by atoms with Gasteiger partial charge in [0.1, 0.15) is 17.4 Å². The van der Waals surface area contributed by atoms with Crippen molar-refractivity contribution in [1.29, 1.82) is 5.26 Å². The van der Waals surface area contributed by atoms with Crippen molar-refractivity contribution in [3.63, 3.8) is 0 Å². The molecule has 0 radical (unpaired) electrons. The average Bonchev–Trinajstić information content (AvgIpc) is 3.06. The third-order valence-corrected chi connectivity index (χ3v) is 4.57. The van der Waals surface area contributed by atoms with Crippen molar-refractivity contribution in [1.82, 2.24) is 0 Å². The molecule has 0 spiro atoms. The molecule has 142 valence electrons. The van der Waals surface area contributed by atoms with Crippen molar-refractivity contribution >= 4 is 23.6 Å². The minimum Gasteiger partial charge on any atom is -0.497 e. The van der Waals surface area contributed by atoms with Gasteiger partial charge in [0.2, 0.25) is 0 Å². The molecule has 3 rings (SSSR count). The molecule has 0 N–H and O–H groups in total. The zero-order chi connectivity index (χ0) is 20.1. The third kappa shape index (κ3) is 4.04. The Morgan fingerprint density at radius 2 is 1.93 bits per heavy atom. The third-order valence-electron chi connectivity index (χ3n) is 4.57. The SMILES string of the molecule is COc1ccc(/C=C(\C#N)C(=O)OCC(=O)N2c3ccccc3CC2C)cc1. The molecule has 6 heteroatoms. The lowest BCUT2D eigenvalue weighted by atomic mass is 10.1. The smallest absolute Gasteiger partial charge is 0.349 e. The van der Waals surface area contributed by atoms with E-state index in [1.54, 1.807) is 36.3 Å². The second kappa shape index (κ2) is 8.40. The van der Waals surface area contributed by atoms with E-state index in [-0.39, 0.29) is 17.5 Å². The molecule has 0 bridgehead atoms. The predicted molar refractivity (Wildman–Crippen MR) is 105 cm³/mol. The van der Waals surface area contributed by atoms with E-state index in [1.165, 1.54) is 6.08 Å². The monoisotopic (exact) mass is 376 g/mol. The van der Waals surface area contributed by atoms with Crippen LogP contribution in [-0.4, -0.2) is 31.6 Å². The summed E-state index contributed by atoms with van der Waals surface area (Å²) in [5.74, 6) is -0.469. The largest absolute Gasteiger partial charge is 0.497 e. The van der Waals surface area contributed by atoms with Crippen molar-refractivity contribution < 1.29 is 19.1 Å². The number of hydrogen-bond acceptors (Lipinski definition) is 5. The highest BCUT2D eigenvalue weighted by Crippen LogP contribution is 2.31. The molecule has 0 saturated carbocycles. The van der Waals surface area contributed by atoms with Crippen LogP contribution >= 0.6 is 0 Å². The van der Waals surface area contributed by atoms with Crippen LogP contribution in [0.4, 0.5) is 5.69 Å². The summed E-state index contributed by atoms with van der Waals surface area (Å²) in [7, 11) is 1.56. The van der Waals surface area contributed by atoms with E-state index in [0.717, 1.165) is 17.7 Å². The van der Waals surface area contributed by atoms with Crippen molar-refractivity contribution in [3.05, 3.63) is 65.2 Å². The van der Waals surface area contributed by atoms with E-state index in [1.807, 2.05) is 37.3 Å². The summed E-state index contributed by atoms with van der Waals surface area (Å²) >= 11 is 0. The number of carbonyl (C=O) groups is 2. The second-order valence-corrected chi connectivity index (χ2v) is 6.46. The molecule has 2 aromatic carbocycles. The Labute approximate surface area is 163 Å². The van der Waals surface area contributed by atoms with E-state index >= 15 is 0 Å². The Kier molecular flexibility index (Phi) is 5.75. The first-order valence-electron chi connectivity index (χ1n) is 8.86. The normalized spacial score (nSPS) is 15.5.